The molecule has 0 radical (unpaired) electrons. The number of carbonyl (C=O) groups excluding carboxylic acids is 1. The van der Waals surface area contributed by atoms with Gasteiger partial charge in [-0.3, -0.25) is 9.52 Å². The number of hydrogen-bond acceptors (Lipinski definition) is 6. The van der Waals surface area contributed by atoms with Crippen LogP contribution in [0.25, 0.3) is 10.9 Å². The van der Waals surface area contributed by atoms with E-state index in [2.05, 4.69) is 14.6 Å². The normalized spacial score (nSPS) is 15.4. The number of anilines is 2. The molecule has 2 aromatic carbocycles. The van der Waals surface area contributed by atoms with E-state index in [1.807, 2.05) is 52.9 Å². The minimum Gasteiger partial charge on any atom is -0.368 e. The Hall–Kier alpha value is -3.08. The summed E-state index contributed by atoms with van der Waals surface area (Å²) < 4.78 is 30.0. The Kier molecular flexibility index (Phi) is 6.43. The van der Waals surface area contributed by atoms with Crippen molar-refractivity contribution < 1.29 is 13.2 Å². The predicted molar refractivity (Wildman–Crippen MR) is 140 cm³/mol. The Morgan fingerprint density at radius 1 is 1.11 bits per heavy atom. The molecular weight excluding hydrogens is 506 g/mol. The molecule has 2 aromatic heterocycles. The highest BCUT2D eigenvalue weighted by Crippen LogP contribution is 2.26. The van der Waals surface area contributed by atoms with Gasteiger partial charge in [-0.25, -0.2) is 13.4 Å². The van der Waals surface area contributed by atoms with Crippen LogP contribution in [-0.4, -0.2) is 55.0 Å². The molecule has 1 aliphatic heterocycles. The van der Waals surface area contributed by atoms with Crippen molar-refractivity contribution in [2.24, 2.45) is 0 Å². The second-order valence-electron chi connectivity index (χ2n) is 8.35. The van der Waals surface area contributed by atoms with Crippen molar-refractivity contribution in [3.8, 4) is 0 Å². The van der Waals surface area contributed by atoms with Gasteiger partial charge in [0.2, 0.25) is 5.91 Å². The Morgan fingerprint density at radius 3 is 2.66 bits per heavy atom. The number of halogens is 1. The maximum Gasteiger partial charge on any atom is 0.263 e. The molecule has 1 N–H and O–H groups in total. The number of nitrogens with one attached hydrogen (secondary N) is 1. The molecule has 11 heteroatoms. The van der Waals surface area contributed by atoms with Crippen LogP contribution in [0.2, 0.25) is 5.02 Å². The molecule has 1 atom stereocenters. The van der Waals surface area contributed by atoms with Gasteiger partial charge in [-0.2, -0.15) is 0 Å². The van der Waals surface area contributed by atoms with Gasteiger partial charge in [-0.05, 0) is 48.7 Å². The molecule has 0 saturated carbocycles. The first kappa shape index (κ1) is 23.7. The zero-order chi connectivity index (χ0) is 24.6. The number of amides is 1. The lowest BCUT2D eigenvalue weighted by atomic mass is 10.2. The van der Waals surface area contributed by atoms with E-state index in [1.165, 1.54) is 11.3 Å². The first-order valence-electron chi connectivity index (χ1n) is 11.1. The van der Waals surface area contributed by atoms with Gasteiger partial charge >= 0.3 is 0 Å². The lowest BCUT2D eigenvalue weighted by molar-refractivity contribution is -0.134. The van der Waals surface area contributed by atoms with Gasteiger partial charge in [0.1, 0.15) is 6.04 Å². The second kappa shape index (κ2) is 9.52. The van der Waals surface area contributed by atoms with E-state index >= 15 is 0 Å². The summed E-state index contributed by atoms with van der Waals surface area (Å²) in [5, 5.41) is 3.72. The van der Waals surface area contributed by atoms with E-state index in [4.69, 9.17) is 11.6 Å². The second-order valence-corrected chi connectivity index (χ2v) is 11.4. The SMILES string of the molecule is C[C@H](C(=O)N1CCN(c2cccc(S(=O)(=O)Nc3nccs3)c2)CC1)n1ccc2ccc(Cl)cc21. The maximum atomic E-state index is 13.3. The molecule has 0 spiro atoms. The Balaban J connectivity index is 1.26. The third kappa shape index (κ3) is 4.86. The van der Waals surface area contributed by atoms with Crippen LogP contribution >= 0.6 is 22.9 Å². The van der Waals surface area contributed by atoms with Crippen molar-refractivity contribution in [1.29, 1.82) is 0 Å². The molecule has 3 heterocycles. The van der Waals surface area contributed by atoms with Crippen LogP contribution in [0.15, 0.2) is 71.2 Å². The van der Waals surface area contributed by atoms with Crippen LogP contribution < -0.4 is 9.62 Å². The van der Waals surface area contributed by atoms with Crippen LogP contribution in [0.1, 0.15) is 13.0 Å². The lowest BCUT2D eigenvalue weighted by Crippen LogP contribution is -2.50. The minimum absolute atomic E-state index is 0.0473. The van der Waals surface area contributed by atoms with E-state index in [-0.39, 0.29) is 16.8 Å². The summed E-state index contributed by atoms with van der Waals surface area (Å²) in [5.41, 5.74) is 1.74. The summed E-state index contributed by atoms with van der Waals surface area (Å²) >= 11 is 7.40. The molecule has 35 heavy (non-hydrogen) atoms. The molecule has 1 saturated heterocycles. The fourth-order valence-electron chi connectivity index (χ4n) is 4.32. The average molecular weight is 530 g/mol. The molecule has 0 unspecified atom stereocenters. The molecule has 0 bridgehead atoms. The number of rotatable bonds is 6. The van der Waals surface area contributed by atoms with Crippen LogP contribution in [0.4, 0.5) is 10.8 Å². The van der Waals surface area contributed by atoms with Gasteiger partial charge in [0, 0.05) is 54.7 Å². The Morgan fingerprint density at radius 2 is 1.91 bits per heavy atom. The van der Waals surface area contributed by atoms with Crippen molar-refractivity contribution >= 4 is 60.6 Å². The van der Waals surface area contributed by atoms with Crippen molar-refractivity contribution in [3.63, 3.8) is 0 Å². The molecule has 1 fully saturated rings. The zero-order valence-corrected chi connectivity index (χ0v) is 21.4. The Bertz CT molecular complexity index is 1460. The topological polar surface area (TPSA) is 87.5 Å². The van der Waals surface area contributed by atoms with Crippen LogP contribution in [0, 0.1) is 0 Å². The Labute approximate surface area is 212 Å². The summed E-state index contributed by atoms with van der Waals surface area (Å²) in [5.74, 6) is 0.0473. The van der Waals surface area contributed by atoms with E-state index < -0.39 is 10.0 Å². The molecule has 5 rings (SSSR count). The number of nitrogens with zero attached hydrogens (tertiary/aromatic N) is 4. The molecule has 1 amide bonds. The van der Waals surface area contributed by atoms with E-state index in [0.717, 1.165) is 16.6 Å². The summed E-state index contributed by atoms with van der Waals surface area (Å²) in [6.45, 7) is 4.23. The molecule has 4 aromatic rings. The highest BCUT2D eigenvalue weighted by Gasteiger charge is 2.27. The first-order valence-corrected chi connectivity index (χ1v) is 13.9. The largest absolute Gasteiger partial charge is 0.368 e. The number of fused-ring (bicyclic) bond motifs is 1. The van der Waals surface area contributed by atoms with Gasteiger partial charge < -0.3 is 14.4 Å². The number of hydrogen-bond donors (Lipinski definition) is 1. The van der Waals surface area contributed by atoms with Crippen LogP contribution in [0.3, 0.4) is 0 Å². The summed E-state index contributed by atoms with van der Waals surface area (Å²) in [7, 11) is -3.73. The van der Waals surface area contributed by atoms with Gasteiger partial charge in [0.25, 0.3) is 10.0 Å². The van der Waals surface area contributed by atoms with Crippen molar-refractivity contribution in [1.82, 2.24) is 14.5 Å². The molecule has 182 valence electrons. The fraction of sp³-hybridized carbons (Fsp3) is 0.250. The highest BCUT2D eigenvalue weighted by atomic mass is 35.5. The summed E-state index contributed by atoms with van der Waals surface area (Å²) in [6.07, 6.45) is 3.47. The van der Waals surface area contributed by atoms with Gasteiger partial charge in [0.05, 0.1) is 10.4 Å². The highest BCUT2D eigenvalue weighted by molar-refractivity contribution is 7.93. The zero-order valence-electron chi connectivity index (χ0n) is 19.0. The van der Waals surface area contributed by atoms with Gasteiger partial charge in [-0.15, -0.1) is 11.3 Å². The standard InChI is InChI=1S/C24H24ClN5O3S2/c1-17(30-9-7-18-5-6-19(25)15-22(18)30)23(31)29-12-10-28(11-13-29)20-3-2-4-21(16-20)35(32,33)27-24-26-8-14-34-24/h2-9,14-17H,10-13H2,1H3,(H,26,27)/t17-/m1/s1. The third-order valence-electron chi connectivity index (χ3n) is 6.20. The smallest absolute Gasteiger partial charge is 0.263 e. The monoisotopic (exact) mass is 529 g/mol. The molecular formula is C24H24ClN5O3S2. The lowest BCUT2D eigenvalue weighted by Gasteiger charge is -2.37. The number of carbonyl (C=O) groups is 1. The van der Waals surface area contributed by atoms with E-state index in [9.17, 15) is 13.2 Å². The van der Waals surface area contributed by atoms with Crippen molar-refractivity contribution in [3.05, 3.63) is 71.3 Å². The molecule has 1 aliphatic rings. The van der Waals surface area contributed by atoms with Crippen LogP contribution in [0.5, 0.6) is 0 Å². The predicted octanol–water partition coefficient (Wildman–Crippen LogP) is 4.46. The van der Waals surface area contributed by atoms with E-state index in [1.54, 1.807) is 29.8 Å². The van der Waals surface area contributed by atoms with Crippen molar-refractivity contribution in [2.75, 3.05) is 35.8 Å². The van der Waals surface area contributed by atoms with Gasteiger partial charge in [0.15, 0.2) is 5.13 Å². The average Bonchev–Trinajstić information content (AvgIpc) is 3.52. The molecule has 8 nitrogen and oxygen atoms in total. The maximum absolute atomic E-state index is 13.3. The van der Waals surface area contributed by atoms with Gasteiger partial charge in [-0.1, -0.05) is 23.7 Å². The number of sulfonamides is 1. The van der Waals surface area contributed by atoms with Crippen LogP contribution in [-0.2, 0) is 14.8 Å². The summed E-state index contributed by atoms with van der Waals surface area (Å²) in [4.78, 5) is 21.4. The quantitative estimate of drug-likeness (QED) is 0.398. The van der Waals surface area contributed by atoms with Crippen molar-refractivity contribution in [2.45, 2.75) is 17.9 Å². The number of piperazine rings is 1. The number of aromatic nitrogens is 2. The fourth-order valence-corrected chi connectivity index (χ4v) is 6.32. The minimum atomic E-state index is -3.73. The third-order valence-corrected chi connectivity index (χ3v) is 8.59. The first-order chi connectivity index (χ1) is 16.8. The number of benzene rings is 2. The molecule has 0 aliphatic carbocycles. The van der Waals surface area contributed by atoms with E-state index in [0.29, 0.717) is 36.3 Å². The number of thiazole rings is 1. The summed E-state index contributed by atoms with van der Waals surface area (Å²) in [6, 6.07) is 14.1.